The summed E-state index contributed by atoms with van der Waals surface area (Å²) in [6.07, 6.45) is 1.82. The van der Waals surface area contributed by atoms with Crippen LogP contribution in [-0.4, -0.2) is 30.0 Å². The number of hydrogen-bond donors (Lipinski definition) is 3. The first-order valence-corrected chi connectivity index (χ1v) is 8.91. The normalized spacial score (nSPS) is 11.8. The molecule has 1 amide bonds. The van der Waals surface area contributed by atoms with E-state index in [2.05, 4.69) is 15.6 Å². The van der Waals surface area contributed by atoms with Crippen LogP contribution >= 0.6 is 0 Å². The Labute approximate surface area is 157 Å². The highest BCUT2D eigenvalue weighted by Crippen LogP contribution is 2.27. The molecule has 140 valence electrons. The second-order valence-electron chi connectivity index (χ2n) is 6.26. The number of carbonyl (C=O) groups excluding carboxylic acids is 2. The molecule has 3 rings (SSSR count). The highest BCUT2D eigenvalue weighted by molar-refractivity contribution is 5.94. The Bertz CT molecular complexity index is 931. The Kier molecular flexibility index (Phi) is 5.76. The fraction of sp³-hybridized carbons (Fsp3) is 0.238. The highest BCUT2D eigenvalue weighted by atomic mass is 16.5. The first-order valence-electron chi connectivity index (χ1n) is 8.91. The molecule has 1 aromatic heterocycles. The summed E-state index contributed by atoms with van der Waals surface area (Å²) in [5.74, 6) is -0.757. The molecule has 0 spiro atoms. The van der Waals surface area contributed by atoms with Crippen molar-refractivity contribution in [3.8, 4) is 0 Å². The second kappa shape index (κ2) is 8.40. The van der Waals surface area contributed by atoms with Gasteiger partial charge in [-0.3, -0.25) is 9.59 Å². The number of fused-ring (bicyclic) bond motifs is 1. The summed E-state index contributed by atoms with van der Waals surface area (Å²) < 4.78 is 4.88. The predicted octanol–water partition coefficient (Wildman–Crippen LogP) is 3.31. The van der Waals surface area contributed by atoms with E-state index < -0.39 is 12.0 Å². The van der Waals surface area contributed by atoms with Crippen molar-refractivity contribution in [3.63, 3.8) is 0 Å². The van der Waals surface area contributed by atoms with E-state index in [-0.39, 0.29) is 19.1 Å². The molecule has 0 saturated heterocycles. The first kappa shape index (κ1) is 18.5. The van der Waals surface area contributed by atoms with Gasteiger partial charge in [0.1, 0.15) is 12.6 Å². The van der Waals surface area contributed by atoms with Crippen LogP contribution in [0.25, 0.3) is 10.9 Å². The third kappa shape index (κ3) is 4.47. The highest BCUT2D eigenvalue weighted by Gasteiger charge is 2.24. The number of para-hydroxylation sites is 1. The van der Waals surface area contributed by atoms with E-state index >= 15 is 0 Å². The summed E-state index contributed by atoms with van der Waals surface area (Å²) in [5, 5.41) is 6.89. The van der Waals surface area contributed by atoms with Crippen molar-refractivity contribution in [1.29, 1.82) is 0 Å². The number of ether oxygens (including phenoxy) is 1. The lowest BCUT2D eigenvalue weighted by molar-refractivity contribution is -0.143. The van der Waals surface area contributed by atoms with Crippen molar-refractivity contribution in [2.24, 2.45) is 0 Å². The van der Waals surface area contributed by atoms with E-state index in [9.17, 15) is 9.59 Å². The number of H-pyrrole nitrogens is 1. The summed E-state index contributed by atoms with van der Waals surface area (Å²) in [5.41, 5.74) is 3.71. The molecule has 0 aliphatic rings. The number of aryl methyl sites for hydroxylation is 1. The summed E-state index contributed by atoms with van der Waals surface area (Å²) in [6, 6.07) is 14.9. The summed E-state index contributed by atoms with van der Waals surface area (Å²) >= 11 is 0. The number of benzene rings is 2. The standard InChI is InChI=1S/C21H23N3O3/c1-3-27-19(25)13-23-21(26)20(24-15-10-8-14(2)9-11-15)17-12-22-18-7-5-4-6-16(17)18/h4-12,20,22,24H,3,13H2,1-2H3,(H,23,26)/t20-/m0/s1. The van der Waals surface area contributed by atoms with Crippen molar-refractivity contribution in [3.05, 3.63) is 65.9 Å². The molecule has 0 unspecified atom stereocenters. The molecule has 1 heterocycles. The fourth-order valence-electron chi connectivity index (χ4n) is 2.91. The van der Waals surface area contributed by atoms with Crippen molar-refractivity contribution in [1.82, 2.24) is 10.3 Å². The van der Waals surface area contributed by atoms with Crippen molar-refractivity contribution in [2.75, 3.05) is 18.5 Å². The van der Waals surface area contributed by atoms with E-state index in [4.69, 9.17) is 4.74 Å². The van der Waals surface area contributed by atoms with E-state index in [1.165, 1.54) is 0 Å². The molecular formula is C21H23N3O3. The van der Waals surface area contributed by atoms with Crippen LogP contribution in [0.5, 0.6) is 0 Å². The van der Waals surface area contributed by atoms with Gasteiger partial charge in [0.05, 0.1) is 6.61 Å². The molecule has 0 aliphatic carbocycles. The van der Waals surface area contributed by atoms with Gasteiger partial charge >= 0.3 is 5.97 Å². The Hall–Kier alpha value is -3.28. The number of amides is 1. The van der Waals surface area contributed by atoms with Crippen molar-refractivity contribution in [2.45, 2.75) is 19.9 Å². The van der Waals surface area contributed by atoms with Crippen LogP contribution < -0.4 is 10.6 Å². The molecule has 0 aliphatic heterocycles. The van der Waals surface area contributed by atoms with Crippen LogP contribution in [0, 0.1) is 6.92 Å². The molecule has 6 heteroatoms. The SMILES string of the molecule is CCOC(=O)CNC(=O)[C@@H](Nc1ccc(C)cc1)c1c[nH]c2ccccc12. The fourth-order valence-corrected chi connectivity index (χ4v) is 2.91. The monoisotopic (exact) mass is 365 g/mol. The molecule has 1 atom stereocenters. The van der Waals surface area contributed by atoms with Gasteiger partial charge in [0.2, 0.25) is 5.91 Å². The number of aromatic amines is 1. The van der Waals surface area contributed by atoms with E-state index in [1.807, 2.05) is 61.7 Å². The Morgan fingerprint density at radius 3 is 2.59 bits per heavy atom. The van der Waals surface area contributed by atoms with Gasteiger partial charge in [-0.15, -0.1) is 0 Å². The summed E-state index contributed by atoms with van der Waals surface area (Å²) in [7, 11) is 0. The van der Waals surface area contributed by atoms with Crippen molar-refractivity contribution < 1.29 is 14.3 Å². The van der Waals surface area contributed by atoms with Crippen LogP contribution in [-0.2, 0) is 14.3 Å². The number of esters is 1. The largest absolute Gasteiger partial charge is 0.465 e. The number of nitrogens with one attached hydrogen (secondary N) is 3. The minimum absolute atomic E-state index is 0.166. The van der Waals surface area contributed by atoms with E-state index in [0.29, 0.717) is 0 Å². The second-order valence-corrected chi connectivity index (χ2v) is 6.26. The third-order valence-corrected chi connectivity index (χ3v) is 4.27. The quantitative estimate of drug-likeness (QED) is 0.561. The van der Waals surface area contributed by atoms with Gasteiger partial charge in [0.25, 0.3) is 0 Å². The predicted molar refractivity (Wildman–Crippen MR) is 105 cm³/mol. The van der Waals surface area contributed by atoms with Crippen LogP contribution in [0.15, 0.2) is 54.7 Å². The third-order valence-electron chi connectivity index (χ3n) is 4.27. The summed E-state index contributed by atoms with van der Waals surface area (Å²) in [4.78, 5) is 27.7. The van der Waals surface area contributed by atoms with Crippen LogP contribution in [0.1, 0.15) is 24.1 Å². The van der Waals surface area contributed by atoms with Gasteiger partial charge < -0.3 is 20.4 Å². The van der Waals surface area contributed by atoms with E-state index in [1.54, 1.807) is 6.92 Å². The Balaban J connectivity index is 1.87. The molecule has 0 bridgehead atoms. The smallest absolute Gasteiger partial charge is 0.325 e. The molecule has 3 aromatic rings. The molecule has 0 fully saturated rings. The zero-order chi connectivity index (χ0) is 19.2. The number of anilines is 1. The minimum Gasteiger partial charge on any atom is -0.465 e. The first-order chi connectivity index (χ1) is 13.1. The zero-order valence-electron chi connectivity index (χ0n) is 15.4. The lowest BCUT2D eigenvalue weighted by Crippen LogP contribution is -2.37. The van der Waals surface area contributed by atoms with E-state index in [0.717, 1.165) is 27.7 Å². The number of aromatic nitrogens is 1. The molecule has 6 nitrogen and oxygen atoms in total. The lowest BCUT2D eigenvalue weighted by Gasteiger charge is -2.19. The van der Waals surface area contributed by atoms with Gasteiger partial charge in [0, 0.05) is 28.4 Å². The van der Waals surface area contributed by atoms with Gasteiger partial charge in [-0.05, 0) is 32.0 Å². The minimum atomic E-state index is -0.654. The lowest BCUT2D eigenvalue weighted by atomic mass is 10.0. The maximum Gasteiger partial charge on any atom is 0.325 e. The van der Waals surface area contributed by atoms with Crippen molar-refractivity contribution >= 4 is 28.5 Å². The summed E-state index contributed by atoms with van der Waals surface area (Å²) in [6.45, 7) is 3.85. The zero-order valence-corrected chi connectivity index (χ0v) is 15.4. The average molecular weight is 365 g/mol. The van der Waals surface area contributed by atoms with Crippen LogP contribution in [0.3, 0.4) is 0 Å². The Morgan fingerprint density at radius 1 is 1.11 bits per heavy atom. The molecule has 0 radical (unpaired) electrons. The number of rotatable bonds is 7. The topological polar surface area (TPSA) is 83.2 Å². The molecule has 2 aromatic carbocycles. The maximum absolute atomic E-state index is 12.9. The molecule has 27 heavy (non-hydrogen) atoms. The Morgan fingerprint density at radius 2 is 1.85 bits per heavy atom. The van der Waals surface area contributed by atoms with Crippen LogP contribution in [0.2, 0.25) is 0 Å². The van der Waals surface area contributed by atoms with Gasteiger partial charge in [0.15, 0.2) is 0 Å². The number of hydrogen-bond acceptors (Lipinski definition) is 4. The van der Waals surface area contributed by atoms with Gasteiger partial charge in [-0.25, -0.2) is 0 Å². The van der Waals surface area contributed by atoms with Gasteiger partial charge in [-0.1, -0.05) is 35.9 Å². The van der Waals surface area contributed by atoms with Gasteiger partial charge in [-0.2, -0.15) is 0 Å². The number of carbonyl (C=O) groups is 2. The average Bonchev–Trinajstić information content (AvgIpc) is 3.10. The van der Waals surface area contributed by atoms with Crippen LogP contribution in [0.4, 0.5) is 5.69 Å². The molecular weight excluding hydrogens is 342 g/mol. The maximum atomic E-state index is 12.9. The molecule has 0 saturated carbocycles. The molecule has 3 N–H and O–H groups in total.